The largest absolute Gasteiger partial charge is 0.373 e. The van der Waals surface area contributed by atoms with Crippen molar-refractivity contribution < 1.29 is 4.74 Å². The number of ether oxygens (including phenoxy) is 1. The van der Waals surface area contributed by atoms with Crippen LogP contribution in [-0.4, -0.2) is 20.2 Å². The molecular formula is C11H17NO. The highest BCUT2D eigenvalue weighted by Crippen LogP contribution is 2.14. The Balaban J connectivity index is 2.35. The third-order valence-corrected chi connectivity index (χ3v) is 1.99. The standard InChI is InChI=1S/C11H17NO/c1-10(13-9-8-12-2)11-6-4-3-5-7-11/h3-7,10,12H,8-9H2,1-2H3. The topological polar surface area (TPSA) is 21.3 Å². The molecule has 1 atom stereocenters. The van der Waals surface area contributed by atoms with Crippen molar-refractivity contribution in [3.63, 3.8) is 0 Å². The minimum absolute atomic E-state index is 0.189. The Morgan fingerprint density at radius 1 is 1.31 bits per heavy atom. The minimum atomic E-state index is 0.189. The van der Waals surface area contributed by atoms with Gasteiger partial charge in [0.1, 0.15) is 0 Å². The lowest BCUT2D eigenvalue weighted by molar-refractivity contribution is 0.0687. The van der Waals surface area contributed by atoms with Gasteiger partial charge in [0.05, 0.1) is 12.7 Å². The van der Waals surface area contributed by atoms with Gasteiger partial charge in [-0.1, -0.05) is 30.3 Å². The fraction of sp³-hybridized carbons (Fsp3) is 0.455. The number of likely N-dealkylation sites (N-methyl/N-ethyl adjacent to an activating group) is 1. The molecule has 0 saturated carbocycles. The molecule has 0 radical (unpaired) electrons. The van der Waals surface area contributed by atoms with Crippen molar-refractivity contribution in [1.29, 1.82) is 0 Å². The SMILES string of the molecule is CNCCOC(C)c1ccccc1. The molecule has 0 saturated heterocycles. The Labute approximate surface area is 79.9 Å². The van der Waals surface area contributed by atoms with Gasteiger partial charge in [-0.3, -0.25) is 0 Å². The van der Waals surface area contributed by atoms with Gasteiger partial charge in [-0.25, -0.2) is 0 Å². The van der Waals surface area contributed by atoms with Crippen molar-refractivity contribution in [3.05, 3.63) is 35.9 Å². The lowest BCUT2D eigenvalue weighted by Crippen LogP contribution is -2.15. The Morgan fingerprint density at radius 2 is 2.00 bits per heavy atom. The van der Waals surface area contributed by atoms with Gasteiger partial charge in [0.2, 0.25) is 0 Å². The predicted molar refractivity (Wildman–Crippen MR) is 54.7 cm³/mol. The number of hydrogen-bond acceptors (Lipinski definition) is 2. The third-order valence-electron chi connectivity index (χ3n) is 1.99. The summed E-state index contributed by atoms with van der Waals surface area (Å²) < 4.78 is 5.61. The highest BCUT2D eigenvalue weighted by molar-refractivity contribution is 5.16. The first kappa shape index (κ1) is 10.2. The quantitative estimate of drug-likeness (QED) is 0.698. The Hall–Kier alpha value is -0.860. The van der Waals surface area contributed by atoms with Crippen LogP contribution in [0.15, 0.2) is 30.3 Å². The van der Waals surface area contributed by atoms with Crippen molar-refractivity contribution in [2.75, 3.05) is 20.2 Å². The number of hydrogen-bond donors (Lipinski definition) is 1. The van der Waals surface area contributed by atoms with E-state index in [1.54, 1.807) is 0 Å². The molecule has 2 heteroatoms. The van der Waals surface area contributed by atoms with Crippen LogP contribution in [-0.2, 0) is 4.74 Å². The summed E-state index contributed by atoms with van der Waals surface area (Å²) in [6.07, 6.45) is 0.189. The fourth-order valence-corrected chi connectivity index (χ4v) is 1.16. The number of nitrogens with one attached hydrogen (secondary N) is 1. The van der Waals surface area contributed by atoms with Crippen molar-refractivity contribution in [1.82, 2.24) is 5.32 Å². The van der Waals surface area contributed by atoms with E-state index in [1.165, 1.54) is 5.56 Å². The van der Waals surface area contributed by atoms with E-state index < -0.39 is 0 Å². The minimum Gasteiger partial charge on any atom is -0.373 e. The molecular weight excluding hydrogens is 162 g/mol. The van der Waals surface area contributed by atoms with Crippen LogP contribution >= 0.6 is 0 Å². The first-order valence-corrected chi connectivity index (χ1v) is 4.65. The van der Waals surface area contributed by atoms with Crippen LogP contribution in [0.1, 0.15) is 18.6 Å². The first-order chi connectivity index (χ1) is 6.34. The van der Waals surface area contributed by atoms with E-state index in [1.807, 2.05) is 25.2 Å². The second-order valence-electron chi connectivity index (χ2n) is 3.03. The van der Waals surface area contributed by atoms with E-state index in [9.17, 15) is 0 Å². The van der Waals surface area contributed by atoms with Crippen LogP contribution in [0.4, 0.5) is 0 Å². The molecule has 0 amide bonds. The van der Waals surface area contributed by atoms with Crippen molar-refractivity contribution in [2.45, 2.75) is 13.0 Å². The van der Waals surface area contributed by atoms with Crippen LogP contribution in [0.2, 0.25) is 0 Å². The van der Waals surface area contributed by atoms with E-state index >= 15 is 0 Å². The monoisotopic (exact) mass is 179 g/mol. The van der Waals surface area contributed by atoms with Gasteiger partial charge in [0, 0.05) is 6.54 Å². The maximum atomic E-state index is 5.61. The lowest BCUT2D eigenvalue weighted by Gasteiger charge is -2.12. The second-order valence-corrected chi connectivity index (χ2v) is 3.03. The molecule has 13 heavy (non-hydrogen) atoms. The summed E-state index contributed by atoms with van der Waals surface area (Å²) >= 11 is 0. The van der Waals surface area contributed by atoms with Gasteiger partial charge in [-0.2, -0.15) is 0 Å². The highest BCUT2D eigenvalue weighted by atomic mass is 16.5. The maximum absolute atomic E-state index is 5.61. The molecule has 0 aliphatic rings. The van der Waals surface area contributed by atoms with Crippen LogP contribution < -0.4 is 5.32 Å². The molecule has 72 valence electrons. The smallest absolute Gasteiger partial charge is 0.0797 e. The zero-order chi connectivity index (χ0) is 9.52. The fourth-order valence-electron chi connectivity index (χ4n) is 1.16. The summed E-state index contributed by atoms with van der Waals surface area (Å²) in [5.41, 5.74) is 1.23. The zero-order valence-electron chi connectivity index (χ0n) is 8.29. The molecule has 1 unspecified atom stereocenters. The predicted octanol–water partition coefficient (Wildman–Crippen LogP) is 1.98. The molecule has 0 aliphatic carbocycles. The van der Waals surface area contributed by atoms with Crippen molar-refractivity contribution in [3.8, 4) is 0 Å². The molecule has 0 aromatic heterocycles. The molecule has 1 aromatic rings. The van der Waals surface area contributed by atoms with Gasteiger partial charge < -0.3 is 10.1 Å². The third kappa shape index (κ3) is 3.57. The first-order valence-electron chi connectivity index (χ1n) is 4.65. The second kappa shape index (κ2) is 5.73. The van der Waals surface area contributed by atoms with Gasteiger partial charge in [-0.15, -0.1) is 0 Å². The number of benzene rings is 1. The Morgan fingerprint density at radius 3 is 2.62 bits per heavy atom. The lowest BCUT2D eigenvalue weighted by atomic mass is 10.1. The summed E-state index contributed by atoms with van der Waals surface area (Å²) in [5, 5.41) is 3.05. The zero-order valence-corrected chi connectivity index (χ0v) is 8.29. The number of rotatable bonds is 5. The van der Waals surface area contributed by atoms with Crippen LogP contribution in [0.25, 0.3) is 0 Å². The van der Waals surface area contributed by atoms with Crippen molar-refractivity contribution in [2.24, 2.45) is 0 Å². The molecule has 1 aromatic carbocycles. The van der Waals surface area contributed by atoms with Crippen LogP contribution in [0.5, 0.6) is 0 Å². The molecule has 1 N–H and O–H groups in total. The normalized spacial score (nSPS) is 12.8. The molecule has 0 aliphatic heterocycles. The van der Waals surface area contributed by atoms with Gasteiger partial charge in [-0.05, 0) is 19.5 Å². The maximum Gasteiger partial charge on any atom is 0.0797 e. The average molecular weight is 179 g/mol. The van der Waals surface area contributed by atoms with E-state index in [-0.39, 0.29) is 6.10 Å². The summed E-state index contributed by atoms with van der Waals surface area (Å²) in [4.78, 5) is 0. The van der Waals surface area contributed by atoms with Gasteiger partial charge in [0.15, 0.2) is 0 Å². The highest BCUT2D eigenvalue weighted by Gasteiger charge is 2.02. The summed E-state index contributed by atoms with van der Waals surface area (Å²) in [6, 6.07) is 10.3. The Kier molecular flexibility index (Phi) is 4.50. The molecule has 2 nitrogen and oxygen atoms in total. The van der Waals surface area contributed by atoms with Crippen molar-refractivity contribution >= 4 is 0 Å². The molecule has 0 heterocycles. The molecule has 0 fully saturated rings. The van der Waals surface area contributed by atoms with E-state index in [2.05, 4.69) is 24.4 Å². The van der Waals surface area contributed by atoms with E-state index in [0.717, 1.165) is 13.2 Å². The van der Waals surface area contributed by atoms with Gasteiger partial charge in [0.25, 0.3) is 0 Å². The summed E-state index contributed by atoms with van der Waals surface area (Å²) in [5.74, 6) is 0. The van der Waals surface area contributed by atoms with Crippen LogP contribution in [0, 0.1) is 0 Å². The van der Waals surface area contributed by atoms with E-state index in [0.29, 0.717) is 0 Å². The molecule has 0 spiro atoms. The van der Waals surface area contributed by atoms with Crippen LogP contribution in [0.3, 0.4) is 0 Å². The average Bonchev–Trinajstić information content (AvgIpc) is 2.19. The van der Waals surface area contributed by atoms with E-state index in [4.69, 9.17) is 4.74 Å². The Bertz CT molecular complexity index is 223. The van der Waals surface area contributed by atoms with Gasteiger partial charge >= 0.3 is 0 Å². The summed E-state index contributed by atoms with van der Waals surface area (Å²) in [7, 11) is 1.93. The summed E-state index contributed by atoms with van der Waals surface area (Å²) in [6.45, 7) is 3.73. The molecule has 0 bridgehead atoms. The molecule has 1 rings (SSSR count).